The normalized spacial score (nSPS) is 11.5. The van der Waals surface area contributed by atoms with Crippen LogP contribution in [-0.2, 0) is 17.4 Å². The Morgan fingerprint density at radius 3 is 2.44 bits per heavy atom. The van der Waals surface area contributed by atoms with Gasteiger partial charge in [-0.1, -0.05) is 6.07 Å². The third-order valence-corrected chi connectivity index (χ3v) is 5.05. The van der Waals surface area contributed by atoms with Crippen LogP contribution in [0.25, 0.3) is 11.3 Å². The van der Waals surface area contributed by atoms with Crippen LogP contribution in [-0.4, -0.2) is 22.0 Å². The summed E-state index contributed by atoms with van der Waals surface area (Å²) in [6, 6.07) is 9.07. The predicted molar refractivity (Wildman–Crippen MR) is 116 cm³/mol. The lowest BCUT2D eigenvalue weighted by Gasteiger charge is -2.08. The van der Waals surface area contributed by atoms with Crippen LogP contribution < -0.4 is 5.43 Å². The lowest BCUT2D eigenvalue weighted by molar-refractivity contribution is -0.385. The molecule has 176 valence electrons. The van der Waals surface area contributed by atoms with E-state index in [1.54, 1.807) is 6.07 Å². The molecule has 2 aromatic carbocycles. The van der Waals surface area contributed by atoms with Gasteiger partial charge in [0.1, 0.15) is 11.5 Å². The van der Waals surface area contributed by atoms with Crippen molar-refractivity contribution >= 4 is 39.4 Å². The zero-order chi connectivity index (χ0) is 25.0. The monoisotopic (exact) mass is 540 g/mol. The summed E-state index contributed by atoms with van der Waals surface area (Å²) in [6.07, 6.45) is -4.20. The van der Waals surface area contributed by atoms with Crippen LogP contribution in [0.1, 0.15) is 16.9 Å². The largest absolute Gasteiger partial charge is 0.455 e. The molecule has 0 bridgehead atoms. The number of carbonyl (C=O) groups excluding carboxylic acids is 1. The van der Waals surface area contributed by atoms with Crippen molar-refractivity contribution in [2.45, 2.75) is 12.6 Å². The van der Waals surface area contributed by atoms with Crippen molar-refractivity contribution in [3.63, 3.8) is 0 Å². The number of hydrogen-bond acceptors (Lipinski definition) is 7. The Labute approximate surface area is 196 Å². The fraction of sp³-hybridized carbons (Fsp3) is 0.100. The number of amides is 1. The first-order chi connectivity index (χ1) is 16.0. The number of nitro benzene ring substituents is 2. The van der Waals surface area contributed by atoms with Gasteiger partial charge < -0.3 is 4.42 Å². The van der Waals surface area contributed by atoms with Crippen molar-refractivity contribution in [2.24, 2.45) is 5.10 Å². The number of nitrogens with one attached hydrogen (secondary N) is 1. The highest BCUT2D eigenvalue weighted by Gasteiger charge is 2.33. The molecule has 10 nitrogen and oxygen atoms in total. The van der Waals surface area contributed by atoms with Gasteiger partial charge in [-0.2, -0.15) is 18.3 Å². The first-order valence-corrected chi connectivity index (χ1v) is 9.95. The van der Waals surface area contributed by atoms with E-state index in [1.165, 1.54) is 24.3 Å². The van der Waals surface area contributed by atoms with E-state index in [2.05, 4.69) is 26.5 Å². The average Bonchev–Trinajstić information content (AvgIpc) is 3.21. The van der Waals surface area contributed by atoms with E-state index in [0.29, 0.717) is 27.9 Å². The zero-order valence-electron chi connectivity index (χ0n) is 16.7. The van der Waals surface area contributed by atoms with Gasteiger partial charge in [-0.25, -0.2) is 5.43 Å². The molecule has 14 heteroatoms. The third-order valence-electron chi connectivity index (χ3n) is 4.40. The van der Waals surface area contributed by atoms with Crippen molar-refractivity contribution in [2.75, 3.05) is 0 Å². The van der Waals surface area contributed by atoms with E-state index in [9.17, 15) is 38.2 Å². The van der Waals surface area contributed by atoms with Crippen LogP contribution in [0.2, 0.25) is 0 Å². The van der Waals surface area contributed by atoms with Crippen LogP contribution in [0.4, 0.5) is 24.5 Å². The minimum absolute atomic E-state index is 0.111. The highest BCUT2D eigenvalue weighted by Crippen LogP contribution is 2.34. The summed E-state index contributed by atoms with van der Waals surface area (Å²) in [5.74, 6) is -0.236. The van der Waals surface area contributed by atoms with Crippen molar-refractivity contribution in [3.8, 4) is 11.3 Å². The molecule has 34 heavy (non-hydrogen) atoms. The quantitative estimate of drug-likeness (QED) is 0.247. The van der Waals surface area contributed by atoms with Crippen molar-refractivity contribution in [3.05, 3.63) is 90.1 Å². The Hall–Kier alpha value is -4.07. The number of non-ortho nitro benzene ring substituents is 1. The second kappa shape index (κ2) is 9.82. The van der Waals surface area contributed by atoms with Crippen molar-refractivity contribution in [1.82, 2.24) is 5.43 Å². The number of nitro groups is 2. The van der Waals surface area contributed by atoms with E-state index in [1.807, 2.05) is 0 Å². The standard InChI is InChI=1S/C20H12BrF3N4O6/c21-16-9-13(27(30)31)3-5-15(16)18-6-4-14(34-18)10-25-26-19(29)7-11-1-2-12(20(22,23)24)8-17(11)28(32)33/h1-6,8-10H,7H2,(H,26,29)/b25-10-. The molecular formula is C20H12BrF3N4O6. The summed E-state index contributed by atoms with van der Waals surface area (Å²) in [4.78, 5) is 32.4. The summed E-state index contributed by atoms with van der Waals surface area (Å²) >= 11 is 3.23. The molecule has 0 unspecified atom stereocenters. The van der Waals surface area contributed by atoms with E-state index in [0.717, 1.165) is 12.3 Å². The van der Waals surface area contributed by atoms with E-state index < -0.39 is 39.6 Å². The molecule has 1 aromatic heterocycles. The average molecular weight is 541 g/mol. The van der Waals surface area contributed by atoms with Gasteiger partial charge >= 0.3 is 6.18 Å². The van der Waals surface area contributed by atoms with Gasteiger partial charge in [0.15, 0.2) is 0 Å². The molecule has 0 radical (unpaired) electrons. The first kappa shape index (κ1) is 24.6. The van der Waals surface area contributed by atoms with Gasteiger partial charge in [0.25, 0.3) is 11.4 Å². The number of hydrazone groups is 1. The number of nitrogens with zero attached hydrogens (tertiary/aromatic N) is 3. The molecule has 0 aliphatic carbocycles. The molecule has 3 aromatic rings. The van der Waals surface area contributed by atoms with Crippen molar-refractivity contribution in [1.29, 1.82) is 0 Å². The molecule has 3 rings (SSSR count). The maximum absolute atomic E-state index is 12.8. The van der Waals surface area contributed by atoms with Crippen molar-refractivity contribution < 1.29 is 32.2 Å². The Morgan fingerprint density at radius 2 is 1.82 bits per heavy atom. The molecule has 1 amide bonds. The number of benzene rings is 2. The fourth-order valence-corrected chi connectivity index (χ4v) is 3.39. The molecule has 0 aliphatic heterocycles. The van der Waals surface area contributed by atoms with E-state index >= 15 is 0 Å². The minimum Gasteiger partial charge on any atom is -0.455 e. The van der Waals surface area contributed by atoms with Crippen LogP contribution >= 0.6 is 15.9 Å². The summed E-state index contributed by atoms with van der Waals surface area (Å²) in [7, 11) is 0. The Balaban J connectivity index is 1.67. The van der Waals surface area contributed by atoms with Crippen LogP contribution in [0.5, 0.6) is 0 Å². The van der Waals surface area contributed by atoms with Gasteiger partial charge in [0.2, 0.25) is 5.91 Å². The molecule has 0 atom stereocenters. The predicted octanol–water partition coefficient (Wildman–Crippen LogP) is 5.24. The molecule has 0 saturated carbocycles. The summed E-state index contributed by atoms with van der Waals surface area (Å²) in [5, 5.41) is 25.6. The summed E-state index contributed by atoms with van der Waals surface area (Å²) < 4.78 is 44.3. The van der Waals surface area contributed by atoms with Gasteiger partial charge in [-0.05, 0) is 40.2 Å². The minimum atomic E-state index is -4.76. The Bertz CT molecular complexity index is 1310. The van der Waals surface area contributed by atoms with Gasteiger partial charge in [0, 0.05) is 33.8 Å². The Morgan fingerprint density at radius 1 is 1.09 bits per heavy atom. The van der Waals surface area contributed by atoms with Crippen LogP contribution in [0.3, 0.4) is 0 Å². The number of alkyl halides is 3. The SMILES string of the molecule is O=C(Cc1ccc(C(F)(F)F)cc1[N+](=O)[O-])N/N=C\c1ccc(-c2ccc([N+](=O)[O-])cc2Br)o1. The number of carbonyl (C=O) groups is 1. The van der Waals surface area contributed by atoms with Gasteiger partial charge in [0.05, 0.1) is 28.0 Å². The maximum atomic E-state index is 12.8. The lowest BCUT2D eigenvalue weighted by atomic mass is 10.1. The van der Waals surface area contributed by atoms with E-state index in [4.69, 9.17) is 4.42 Å². The van der Waals surface area contributed by atoms with Gasteiger partial charge in [-0.15, -0.1) is 0 Å². The third kappa shape index (κ3) is 5.83. The zero-order valence-corrected chi connectivity index (χ0v) is 18.3. The molecule has 0 aliphatic rings. The number of rotatable bonds is 7. The van der Waals surface area contributed by atoms with E-state index in [-0.39, 0.29) is 17.0 Å². The fourth-order valence-electron chi connectivity index (χ4n) is 2.82. The molecular weight excluding hydrogens is 529 g/mol. The molecule has 0 spiro atoms. The summed E-state index contributed by atoms with van der Waals surface area (Å²) in [6.45, 7) is 0. The second-order valence-electron chi connectivity index (χ2n) is 6.69. The molecule has 0 saturated heterocycles. The highest BCUT2D eigenvalue weighted by molar-refractivity contribution is 9.10. The topological polar surface area (TPSA) is 141 Å². The molecule has 0 fully saturated rings. The lowest BCUT2D eigenvalue weighted by Crippen LogP contribution is -2.20. The smallest absolute Gasteiger partial charge is 0.416 e. The number of furan rings is 1. The highest BCUT2D eigenvalue weighted by atomic mass is 79.9. The molecule has 1 N–H and O–H groups in total. The first-order valence-electron chi connectivity index (χ1n) is 9.16. The number of halogens is 4. The number of hydrogen-bond donors (Lipinski definition) is 1. The van der Waals surface area contributed by atoms with Gasteiger partial charge in [-0.3, -0.25) is 25.0 Å². The van der Waals surface area contributed by atoms with Crippen LogP contribution in [0.15, 0.2) is 62.5 Å². The maximum Gasteiger partial charge on any atom is 0.416 e. The Kier molecular flexibility index (Phi) is 7.10. The second-order valence-corrected chi connectivity index (χ2v) is 7.55. The summed E-state index contributed by atoms with van der Waals surface area (Å²) in [5.41, 5.74) is 0.284. The van der Waals surface area contributed by atoms with Crippen LogP contribution in [0, 0.1) is 20.2 Å². The molecule has 1 heterocycles.